The van der Waals surface area contributed by atoms with Crippen molar-refractivity contribution in [3.8, 4) is 17.2 Å². The third kappa shape index (κ3) is 4.33. The number of benzene rings is 2. The Morgan fingerprint density at radius 2 is 1.79 bits per heavy atom. The van der Waals surface area contributed by atoms with Crippen molar-refractivity contribution in [1.82, 2.24) is 10.2 Å². The van der Waals surface area contributed by atoms with Crippen molar-refractivity contribution in [2.24, 2.45) is 0 Å². The molecule has 122 valence electrons. The summed E-state index contributed by atoms with van der Waals surface area (Å²) >= 11 is 5.83. The van der Waals surface area contributed by atoms with Crippen LogP contribution in [0.5, 0.6) is 5.75 Å². The molecule has 0 aliphatic rings. The van der Waals surface area contributed by atoms with E-state index in [1.54, 1.807) is 36.4 Å². The van der Waals surface area contributed by atoms with Crippen LogP contribution in [0.1, 0.15) is 5.89 Å². The molecule has 0 aliphatic heterocycles. The van der Waals surface area contributed by atoms with Gasteiger partial charge in [-0.2, -0.15) is 0 Å². The molecule has 0 aliphatic carbocycles. The van der Waals surface area contributed by atoms with Crippen LogP contribution in [0.4, 0.5) is 0 Å². The first-order chi connectivity index (χ1) is 11.7. The molecule has 0 fully saturated rings. The summed E-state index contributed by atoms with van der Waals surface area (Å²) in [6.07, 6.45) is 0. The van der Waals surface area contributed by atoms with Gasteiger partial charge in [0.15, 0.2) is 13.2 Å². The highest BCUT2D eigenvalue weighted by Crippen LogP contribution is 2.20. The van der Waals surface area contributed by atoms with Crippen molar-refractivity contribution in [2.75, 3.05) is 6.61 Å². The molecule has 3 rings (SSSR count). The van der Waals surface area contributed by atoms with Gasteiger partial charge in [-0.15, -0.1) is 10.2 Å². The summed E-state index contributed by atoms with van der Waals surface area (Å²) in [5.41, 5.74) is 0.733. The second-order valence-electron chi connectivity index (χ2n) is 4.77. The van der Waals surface area contributed by atoms with Crippen molar-refractivity contribution in [3.05, 3.63) is 65.5 Å². The van der Waals surface area contributed by atoms with Gasteiger partial charge in [0, 0.05) is 10.6 Å². The van der Waals surface area contributed by atoms with Gasteiger partial charge in [0.25, 0.3) is 5.89 Å². The van der Waals surface area contributed by atoms with E-state index in [1.165, 1.54) is 0 Å². The number of esters is 1. The van der Waals surface area contributed by atoms with Crippen LogP contribution in [-0.4, -0.2) is 22.8 Å². The van der Waals surface area contributed by atoms with E-state index in [9.17, 15) is 4.79 Å². The van der Waals surface area contributed by atoms with E-state index in [2.05, 4.69) is 10.2 Å². The summed E-state index contributed by atoms with van der Waals surface area (Å²) in [7, 11) is 0. The van der Waals surface area contributed by atoms with Crippen LogP contribution in [-0.2, 0) is 16.1 Å². The number of hydrogen-bond donors (Lipinski definition) is 0. The lowest BCUT2D eigenvalue weighted by molar-refractivity contribution is -0.148. The maximum absolute atomic E-state index is 11.7. The molecule has 0 bridgehead atoms. The number of carbonyl (C=O) groups is 1. The Morgan fingerprint density at radius 3 is 2.54 bits per heavy atom. The lowest BCUT2D eigenvalue weighted by Crippen LogP contribution is -2.14. The van der Waals surface area contributed by atoms with E-state index >= 15 is 0 Å². The Bertz CT molecular complexity index is 803. The number of aromatic nitrogens is 2. The van der Waals surface area contributed by atoms with E-state index in [0.717, 1.165) is 5.56 Å². The van der Waals surface area contributed by atoms with Crippen LogP contribution in [0.3, 0.4) is 0 Å². The van der Waals surface area contributed by atoms with Gasteiger partial charge >= 0.3 is 5.97 Å². The second-order valence-corrected chi connectivity index (χ2v) is 5.21. The average Bonchev–Trinajstić information content (AvgIpc) is 3.09. The molecule has 24 heavy (non-hydrogen) atoms. The van der Waals surface area contributed by atoms with Gasteiger partial charge in [0.2, 0.25) is 5.89 Å². The van der Waals surface area contributed by atoms with Crippen LogP contribution in [0.25, 0.3) is 11.5 Å². The summed E-state index contributed by atoms with van der Waals surface area (Å²) < 4.78 is 15.8. The summed E-state index contributed by atoms with van der Waals surface area (Å²) in [5.74, 6) is 0.605. The highest BCUT2D eigenvalue weighted by atomic mass is 35.5. The summed E-state index contributed by atoms with van der Waals surface area (Å²) in [6.45, 7) is -0.306. The predicted octanol–water partition coefficient (Wildman–Crippen LogP) is 3.51. The van der Waals surface area contributed by atoms with Crippen molar-refractivity contribution < 1.29 is 18.7 Å². The largest absolute Gasteiger partial charge is 0.482 e. The second kappa shape index (κ2) is 7.61. The van der Waals surface area contributed by atoms with Gasteiger partial charge in [0.1, 0.15) is 5.75 Å². The quantitative estimate of drug-likeness (QED) is 0.637. The molecule has 0 N–H and O–H groups in total. The van der Waals surface area contributed by atoms with Crippen molar-refractivity contribution in [2.45, 2.75) is 6.61 Å². The van der Waals surface area contributed by atoms with E-state index in [0.29, 0.717) is 16.7 Å². The molecule has 2 aromatic carbocycles. The topological polar surface area (TPSA) is 74.5 Å². The van der Waals surface area contributed by atoms with E-state index < -0.39 is 5.97 Å². The average molecular weight is 345 g/mol. The Labute approximate surface area is 143 Å². The number of para-hydroxylation sites is 1. The number of rotatable bonds is 6. The number of hydrogen-bond acceptors (Lipinski definition) is 6. The summed E-state index contributed by atoms with van der Waals surface area (Å²) in [6, 6.07) is 16.0. The minimum Gasteiger partial charge on any atom is -0.482 e. The van der Waals surface area contributed by atoms with Gasteiger partial charge in [-0.05, 0) is 36.4 Å². The maximum atomic E-state index is 11.7. The monoisotopic (exact) mass is 344 g/mol. The lowest BCUT2D eigenvalue weighted by Gasteiger charge is -2.05. The standard InChI is InChI=1S/C17H13ClN2O4/c18-13-8-6-12(7-9-13)17-20-19-15(24-17)10-23-16(21)11-22-14-4-2-1-3-5-14/h1-9H,10-11H2. The fourth-order valence-electron chi connectivity index (χ4n) is 1.86. The fraction of sp³-hybridized carbons (Fsp3) is 0.118. The van der Waals surface area contributed by atoms with E-state index in [1.807, 2.05) is 18.2 Å². The molecule has 7 heteroatoms. The normalized spacial score (nSPS) is 10.4. The van der Waals surface area contributed by atoms with Gasteiger partial charge in [0.05, 0.1) is 0 Å². The molecule has 0 atom stereocenters. The van der Waals surface area contributed by atoms with Gasteiger partial charge in [-0.1, -0.05) is 29.8 Å². The molecule has 1 aromatic heterocycles. The molecular weight excluding hydrogens is 332 g/mol. The van der Waals surface area contributed by atoms with Crippen LogP contribution < -0.4 is 4.74 Å². The lowest BCUT2D eigenvalue weighted by atomic mass is 10.2. The molecule has 1 heterocycles. The molecule has 0 spiro atoms. The molecular formula is C17H13ClN2O4. The van der Waals surface area contributed by atoms with Crippen LogP contribution in [0, 0.1) is 0 Å². The number of nitrogens with zero attached hydrogens (tertiary/aromatic N) is 2. The van der Waals surface area contributed by atoms with Gasteiger partial charge in [-0.3, -0.25) is 0 Å². The van der Waals surface area contributed by atoms with Crippen molar-refractivity contribution >= 4 is 17.6 Å². The number of halogens is 1. The first-order valence-corrected chi connectivity index (χ1v) is 7.50. The zero-order valence-electron chi connectivity index (χ0n) is 12.5. The van der Waals surface area contributed by atoms with Gasteiger partial charge in [-0.25, -0.2) is 4.79 Å². The van der Waals surface area contributed by atoms with Crippen LogP contribution >= 0.6 is 11.6 Å². The smallest absolute Gasteiger partial charge is 0.344 e. The van der Waals surface area contributed by atoms with E-state index in [4.69, 9.17) is 25.5 Å². The van der Waals surface area contributed by atoms with Crippen molar-refractivity contribution in [1.29, 1.82) is 0 Å². The molecule has 0 saturated carbocycles. The number of ether oxygens (including phenoxy) is 2. The maximum Gasteiger partial charge on any atom is 0.344 e. The Balaban J connectivity index is 1.50. The third-order valence-electron chi connectivity index (χ3n) is 3.01. The van der Waals surface area contributed by atoms with Crippen molar-refractivity contribution in [3.63, 3.8) is 0 Å². The molecule has 3 aromatic rings. The van der Waals surface area contributed by atoms with E-state index in [-0.39, 0.29) is 19.1 Å². The fourth-order valence-corrected chi connectivity index (χ4v) is 1.99. The molecule has 0 radical (unpaired) electrons. The highest BCUT2D eigenvalue weighted by molar-refractivity contribution is 6.30. The minimum atomic E-state index is -0.523. The van der Waals surface area contributed by atoms with Crippen LogP contribution in [0.2, 0.25) is 5.02 Å². The minimum absolute atomic E-state index is 0.114. The molecule has 0 unspecified atom stereocenters. The SMILES string of the molecule is O=C(COc1ccccc1)OCc1nnc(-c2ccc(Cl)cc2)o1. The predicted molar refractivity (Wildman–Crippen MR) is 86.5 cm³/mol. The molecule has 6 nitrogen and oxygen atoms in total. The molecule has 0 amide bonds. The first-order valence-electron chi connectivity index (χ1n) is 7.12. The summed E-state index contributed by atoms with van der Waals surface area (Å²) in [5, 5.41) is 8.36. The zero-order valence-corrected chi connectivity index (χ0v) is 13.3. The van der Waals surface area contributed by atoms with Gasteiger partial charge < -0.3 is 13.9 Å². The number of carbonyl (C=O) groups excluding carboxylic acids is 1. The Hall–Kier alpha value is -2.86. The third-order valence-corrected chi connectivity index (χ3v) is 3.27. The summed E-state index contributed by atoms with van der Waals surface area (Å²) in [4.78, 5) is 11.7. The Kier molecular flexibility index (Phi) is 5.08. The van der Waals surface area contributed by atoms with Crippen LogP contribution in [0.15, 0.2) is 59.0 Å². The first kappa shape index (κ1) is 16.0. The highest BCUT2D eigenvalue weighted by Gasteiger charge is 2.11. The zero-order chi connectivity index (χ0) is 16.8. The Morgan fingerprint density at radius 1 is 1.04 bits per heavy atom. The molecule has 0 saturated heterocycles.